The average Bonchev–Trinajstić information content (AvgIpc) is 2.47. The Balaban J connectivity index is 2.03. The lowest BCUT2D eigenvalue weighted by atomic mass is 9.78. The summed E-state index contributed by atoms with van der Waals surface area (Å²) in [6, 6.07) is 0.547. The Hall–Kier alpha value is -0.610. The van der Waals surface area contributed by atoms with Crippen LogP contribution in [-0.2, 0) is 9.53 Å². The SMILES string of the molecule is CNC1(C(=O)OC)CCCC(N2CCCCC2)C1. The van der Waals surface area contributed by atoms with Crippen molar-refractivity contribution in [1.29, 1.82) is 0 Å². The van der Waals surface area contributed by atoms with E-state index in [9.17, 15) is 4.79 Å². The Morgan fingerprint density at radius 2 is 2.00 bits per heavy atom. The highest BCUT2D eigenvalue weighted by Crippen LogP contribution is 2.33. The number of piperidine rings is 1. The molecule has 104 valence electrons. The van der Waals surface area contributed by atoms with E-state index < -0.39 is 5.54 Å². The molecule has 2 unspecified atom stereocenters. The van der Waals surface area contributed by atoms with Crippen LogP contribution < -0.4 is 5.32 Å². The smallest absolute Gasteiger partial charge is 0.326 e. The van der Waals surface area contributed by atoms with Crippen LogP contribution in [0.2, 0.25) is 0 Å². The Kier molecular flexibility index (Phi) is 4.62. The highest BCUT2D eigenvalue weighted by atomic mass is 16.5. The van der Waals surface area contributed by atoms with Crippen molar-refractivity contribution in [3.05, 3.63) is 0 Å². The van der Waals surface area contributed by atoms with Gasteiger partial charge < -0.3 is 15.0 Å². The van der Waals surface area contributed by atoms with Crippen LogP contribution in [0.15, 0.2) is 0 Å². The third-order valence-corrected chi connectivity index (χ3v) is 4.69. The van der Waals surface area contributed by atoms with Crippen LogP contribution in [0.25, 0.3) is 0 Å². The lowest BCUT2D eigenvalue weighted by Crippen LogP contribution is -2.58. The van der Waals surface area contributed by atoms with Gasteiger partial charge in [0.2, 0.25) is 0 Å². The summed E-state index contributed by atoms with van der Waals surface area (Å²) in [5.41, 5.74) is -0.449. The maximum atomic E-state index is 12.0. The van der Waals surface area contributed by atoms with Crippen molar-refractivity contribution in [1.82, 2.24) is 10.2 Å². The van der Waals surface area contributed by atoms with Crippen molar-refractivity contribution in [2.75, 3.05) is 27.2 Å². The summed E-state index contributed by atoms with van der Waals surface area (Å²) in [7, 11) is 3.38. The molecule has 2 rings (SSSR count). The summed E-state index contributed by atoms with van der Waals surface area (Å²) in [4.78, 5) is 14.6. The summed E-state index contributed by atoms with van der Waals surface area (Å²) >= 11 is 0. The zero-order valence-corrected chi connectivity index (χ0v) is 11.7. The molecule has 0 aromatic rings. The average molecular weight is 254 g/mol. The van der Waals surface area contributed by atoms with E-state index in [0.29, 0.717) is 6.04 Å². The number of hydrogen-bond acceptors (Lipinski definition) is 4. The van der Waals surface area contributed by atoms with Gasteiger partial charge in [-0.25, -0.2) is 0 Å². The molecule has 0 aromatic carbocycles. The van der Waals surface area contributed by atoms with Gasteiger partial charge in [-0.3, -0.25) is 4.79 Å². The molecule has 2 fully saturated rings. The largest absolute Gasteiger partial charge is 0.468 e. The first-order chi connectivity index (χ1) is 8.72. The van der Waals surface area contributed by atoms with Gasteiger partial charge in [0, 0.05) is 6.04 Å². The molecule has 0 bridgehead atoms. The fraction of sp³-hybridized carbons (Fsp3) is 0.929. The third kappa shape index (κ3) is 2.69. The van der Waals surface area contributed by atoms with E-state index >= 15 is 0 Å². The van der Waals surface area contributed by atoms with Crippen molar-refractivity contribution in [3.8, 4) is 0 Å². The standard InChI is InChI=1S/C14H26N2O2/c1-15-14(13(17)18-2)8-6-7-12(11-14)16-9-4-3-5-10-16/h12,15H,3-11H2,1-2H3. The van der Waals surface area contributed by atoms with E-state index in [0.717, 1.165) is 19.3 Å². The summed E-state index contributed by atoms with van der Waals surface area (Å²) in [6.07, 6.45) is 8.11. The van der Waals surface area contributed by atoms with E-state index in [1.807, 2.05) is 7.05 Å². The lowest BCUT2D eigenvalue weighted by molar-refractivity contribution is -0.151. The van der Waals surface area contributed by atoms with Gasteiger partial charge in [-0.1, -0.05) is 6.42 Å². The molecule has 2 atom stereocenters. The minimum Gasteiger partial charge on any atom is -0.468 e. The predicted molar refractivity (Wildman–Crippen MR) is 71.5 cm³/mol. The first-order valence-corrected chi connectivity index (χ1v) is 7.23. The molecule has 1 heterocycles. The molecule has 4 nitrogen and oxygen atoms in total. The van der Waals surface area contributed by atoms with Gasteiger partial charge in [-0.15, -0.1) is 0 Å². The molecule has 0 spiro atoms. The first-order valence-electron chi connectivity index (χ1n) is 7.23. The monoisotopic (exact) mass is 254 g/mol. The van der Waals surface area contributed by atoms with Crippen molar-refractivity contribution in [2.24, 2.45) is 0 Å². The normalized spacial score (nSPS) is 34.2. The fourth-order valence-electron chi connectivity index (χ4n) is 3.55. The van der Waals surface area contributed by atoms with Crippen LogP contribution >= 0.6 is 0 Å². The summed E-state index contributed by atoms with van der Waals surface area (Å²) < 4.78 is 5.00. The number of carbonyl (C=O) groups excluding carboxylic acids is 1. The van der Waals surface area contributed by atoms with Gasteiger partial charge in [0.1, 0.15) is 5.54 Å². The van der Waals surface area contributed by atoms with Gasteiger partial charge >= 0.3 is 5.97 Å². The van der Waals surface area contributed by atoms with E-state index in [1.54, 1.807) is 0 Å². The number of methoxy groups -OCH3 is 1. The summed E-state index contributed by atoms with van der Waals surface area (Å²) in [5.74, 6) is -0.0910. The molecule has 1 N–H and O–H groups in total. The highest BCUT2D eigenvalue weighted by Gasteiger charge is 2.43. The molecule has 0 radical (unpaired) electrons. The Labute approximate surface area is 110 Å². The molecule has 0 amide bonds. The maximum absolute atomic E-state index is 12.0. The Bertz CT molecular complexity index is 290. The second kappa shape index (κ2) is 6.02. The molecule has 4 heteroatoms. The fourth-order valence-corrected chi connectivity index (χ4v) is 3.55. The van der Waals surface area contributed by atoms with Gasteiger partial charge in [-0.05, 0) is 58.7 Å². The molecule has 18 heavy (non-hydrogen) atoms. The highest BCUT2D eigenvalue weighted by molar-refractivity contribution is 5.81. The first kappa shape index (κ1) is 13.8. The topological polar surface area (TPSA) is 41.6 Å². The predicted octanol–water partition coefficient (Wildman–Crippen LogP) is 1.55. The summed E-state index contributed by atoms with van der Waals surface area (Å²) in [5, 5.41) is 3.24. The van der Waals surface area contributed by atoms with Crippen LogP contribution in [0.5, 0.6) is 0 Å². The maximum Gasteiger partial charge on any atom is 0.326 e. The number of rotatable bonds is 3. The number of ether oxygens (including phenoxy) is 1. The molecular weight excluding hydrogens is 228 g/mol. The number of nitrogens with one attached hydrogen (secondary N) is 1. The second-order valence-corrected chi connectivity index (χ2v) is 5.67. The van der Waals surface area contributed by atoms with Crippen LogP contribution in [0.1, 0.15) is 44.9 Å². The molecule has 1 aliphatic carbocycles. The number of carbonyl (C=O) groups is 1. The van der Waals surface area contributed by atoms with E-state index in [2.05, 4.69) is 10.2 Å². The van der Waals surface area contributed by atoms with Crippen molar-refractivity contribution in [3.63, 3.8) is 0 Å². The molecule has 1 aliphatic heterocycles. The van der Waals surface area contributed by atoms with Crippen LogP contribution in [0, 0.1) is 0 Å². The number of likely N-dealkylation sites (tertiary alicyclic amines) is 1. The van der Waals surface area contributed by atoms with Gasteiger partial charge in [0.15, 0.2) is 0 Å². The Morgan fingerprint density at radius 1 is 1.28 bits per heavy atom. The van der Waals surface area contributed by atoms with Crippen molar-refractivity contribution in [2.45, 2.75) is 56.5 Å². The van der Waals surface area contributed by atoms with Crippen LogP contribution in [-0.4, -0.2) is 49.7 Å². The molecule has 0 aromatic heterocycles. The van der Waals surface area contributed by atoms with Gasteiger partial charge in [0.05, 0.1) is 7.11 Å². The zero-order chi connectivity index (χ0) is 13.0. The van der Waals surface area contributed by atoms with E-state index in [4.69, 9.17) is 4.74 Å². The summed E-state index contributed by atoms with van der Waals surface area (Å²) in [6.45, 7) is 2.40. The number of hydrogen-bond donors (Lipinski definition) is 1. The number of nitrogens with zero attached hydrogens (tertiary/aromatic N) is 1. The minimum absolute atomic E-state index is 0.0910. The minimum atomic E-state index is -0.449. The van der Waals surface area contributed by atoms with Gasteiger partial charge in [-0.2, -0.15) is 0 Å². The number of esters is 1. The quantitative estimate of drug-likeness (QED) is 0.776. The van der Waals surface area contributed by atoms with Crippen LogP contribution in [0.4, 0.5) is 0 Å². The van der Waals surface area contributed by atoms with Crippen LogP contribution in [0.3, 0.4) is 0 Å². The lowest BCUT2D eigenvalue weighted by Gasteiger charge is -2.44. The second-order valence-electron chi connectivity index (χ2n) is 5.67. The van der Waals surface area contributed by atoms with E-state index in [-0.39, 0.29) is 5.97 Å². The Morgan fingerprint density at radius 3 is 2.61 bits per heavy atom. The number of likely N-dealkylation sites (N-methyl/N-ethyl adjacent to an activating group) is 1. The molecular formula is C14H26N2O2. The van der Waals surface area contributed by atoms with Crippen molar-refractivity contribution >= 4 is 5.97 Å². The third-order valence-electron chi connectivity index (χ3n) is 4.69. The van der Waals surface area contributed by atoms with Gasteiger partial charge in [0.25, 0.3) is 0 Å². The molecule has 2 aliphatic rings. The molecule has 1 saturated heterocycles. The molecule has 1 saturated carbocycles. The van der Waals surface area contributed by atoms with E-state index in [1.165, 1.54) is 45.9 Å². The zero-order valence-electron chi connectivity index (χ0n) is 11.7. The van der Waals surface area contributed by atoms with Crippen molar-refractivity contribution < 1.29 is 9.53 Å².